The minimum Gasteiger partial charge on any atom is -0.364 e. The number of nitrogens with zero attached hydrogens (tertiary/aromatic N) is 5. The van der Waals surface area contributed by atoms with E-state index in [4.69, 9.17) is 0 Å². The molecule has 0 radical (unpaired) electrons. The van der Waals surface area contributed by atoms with Crippen molar-refractivity contribution in [3.05, 3.63) is 69.9 Å². The summed E-state index contributed by atoms with van der Waals surface area (Å²) in [5, 5.41) is 9.34. The van der Waals surface area contributed by atoms with Gasteiger partial charge in [-0.25, -0.2) is 9.37 Å². The zero-order valence-electron chi connectivity index (χ0n) is 18.9. The number of aryl methyl sites for hydroxylation is 1. The van der Waals surface area contributed by atoms with E-state index in [1.807, 2.05) is 12.1 Å². The van der Waals surface area contributed by atoms with Gasteiger partial charge >= 0.3 is 0 Å². The molecule has 1 aliphatic heterocycles. The van der Waals surface area contributed by atoms with Gasteiger partial charge in [0.2, 0.25) is 0 Å². The minimum atomic E-state index is -0.225. The van der Waals surface area contributed by atoms with Crippen molar-refractivity contribution in [1.82, 2.24) is 14.5 Å². The number of nitriles is 1. The number of hydrogen-bond acceptors (Lipinski definition) is 5. The third-order valence-electron chi connectivity index (χ3n) is 6.57. The molecule has 1 unspecified atom stereocenters. The van der Waals surface area contributed by atoms with Crippen molar-refractivity contribution >= 4 is 16.7 Å². The SMILES string of the molecule is CCC(c1ccc(F)cc1)N1C[C@H](C)N(c2cc(=O)n(C)c3ccc(C#N)nc23)C[C@H]1C. The first-order chi connectivity index (χ1) is 15.3. The zero-order chi connectivity index (χ0) is 23.0. The van der Waals surface area contributed by atoms with Gasteiger partial charge in [-0.2, -0.15) is 5.26 Å². The van der Waals surface area contributed by atoms with Crippen LogP contribution >= 0.6 is 0 Å². The molecule has 4 rings (SSSR count). The molecule has 7 heteroatoms. The van der Waals surface area contributed by atoms with Crippen molar-refractivity contribution in [2.75, 3.05) is 18.0 Å². The maximum atomic E-state index is 13.4. The second-order valence-electron chi connectivity index (χ2n) is 8.63. The molecule has 0 N–H and O–H groups in total. The standard InChI is InChI=1S/C25H28FN5O/c1-5-21(18-6-8-19(26)9-7-18)30-14-17(3)31(15-16(30)2)23-12-24(32)29(4)22-11-10-20(13-27)28-25(22)23/h6-12,16-17,21H,5,14-15H2,1-4H3/t16-,17+,21?/m1/s1. The van der Waals surface area contributed by atoms with Crippen LogP contribution in [-0.2, 0) is 7.05 Å². The third kappa shape index (κ3) is 3.87. The van der Waals surface area contributed by atoms with E-state index in [9.17, 15) is 14.4 Å². The Labute approximate surface area is 187 Å². The Morgan fingerprint density at radius 2 is 1.88 bits per heavy atom. The summed E-state index contributed by atoms with van der Waals surface area (Å²) >= 11 is 0. The van der Waals surface area contributed by atoms with Crippen molar-refractivity contribution in [3.63, 3.8) is 0 Å². The van der Waals surface area contributed by atoms with Crippen molar-refractivity contribution in [3.8, 4) is 6.07 Å². The van der Waals surface area contributed by atoms with Crippen LogP contribution in [0.15, 0.2) is 47.3 Å². The van der Waals surface area contributed by atoms with Gasteiger partial charge in [0.15, 0.2) is 0 Å². The highest BCUT2D eigenvalue weighted by Gasteiger charge is 2.34. The van der Waals surface area contributed by atoms with E-state index in [0.717, 1.165) is 30.8 Å². The van der Waals surface area contributed by atoms with Crippen molar-refractivity contribution < 1.29 is 4.39 Å². The number of piperazine rings is 1. The Morgan fingerprint density at radius 1 is 1.16 bits per heavy atom. The molecule has 0 amide bonds. The second kappa shape index (κ2) is 8.71. The number of hydrogen-bond donors (Lipinski definition) is 0. The highest BCUT2D eigenvalue weighted by Crippen LogP contribution is 2.33. The van der Waals surface area contributed by atoms with E-state index in [1.165, 1.54) is 12.1 Å². The summed E-state index contributed by atoms with van der Waals surface area (Å²) in [6, 6.07) is 14.5. The molecule has 166 valence electrons. The van der Waals surface area contributed by atoms with Gasteiger partial charge in [0.25, 0.3) is 5.56 Å². The number of rotatable bonds is 4. The normalized spacial score (nSPS) is 20.3. The number of halogens is 1. The molecule has 2 aromatic heterocycles. The fourth-order valence-corrected chi connectivity index (χ4v) is 4.86. The van der Waals surface area contributed by atoms with Gasteiger partial charge in [-0.15, -0.1) is 0 Å². The molecule has 3 atom stereocenters. The fourth-order valence-electron chi connectivity index (χ4n) is 4.86. The van der Waals surface area contributed by atoms with Crippen LogP contribution in [0.3, 0.4) is 0 Å². The summed E-state index contributed by atoms with van der Waals surface area (Å²) in [7, 11) is 1.72. The van der Waals surface area contributed by atoms with Crippen LogP contribution in [0, 0.1) is 17.1 Å². The van der Waals surface area contributed by atoms with Crippen LogP contribution in [0.25, 0.3) is 11.0 Å². The smallest absolute Gasteiger partial charge is 0.252 e. The van der Waals surface area contributed by atoms with Gasteiger partial charge in [0, 0.05) is 44.3 Å². The molecule has 1 aromatic carbocycles. The predicted molar refractivity (Wildman–Crippen MR) is 124 cm³/mol. The lowest BCUT2D eigenvalue weighted by Crippen LogP contribution is -2.57. The Hall–Kier alpha value is -3.24. The lowest BCUT2D eigenvalue weighted by atomic mass is 9.97. The first-order valence-corrected chi connectivity index (χ1v) is 11.0. The molecule has 0 bridgehead atoms. The largest absolute Gasteiger partial charge is 0.364 e. The van der Waals surface area contributed by atoms with Crippen LogP contribution < -0.4 is 10.5 Å². The lowest BCUT2D eigenvalue weighted by molar-refractivity contribution is 0.107. The molecule has 32 heavy (non-hydrogen) atoms. The Morgan fingerprint density at radius 3 is 2.53 bits per heavy atom. The molecule has 0 aliphatic carbocycles. The van der Waals surface area contributed by atoms with E-state index in [0.29, 0.717) is 16.7 Å². The topological polar surface area (TPSA) is 65.2 Å². The number of fused-ring (bicyclic) bond motifs is 1. The Kier molecular flexibility index (Phi) is 5.98. The van der Waals surface area contributed by atoms with Gasteiger partial charge < -0.3 is 9.47 Å². The van der Waals surface area contributed by atoms with Crippen LogP contribution in [-0.4, -0.2) is 39.6 Å². The molecular weight excluding hydrogens is 405 g/mol. The molecule has 0 spiro atoms. The molecule has 3 heterocycles. The zero-order valence-corrected chi connectivity index (χ0v) is 18.9. The lowest BCUT2D eigenvalue weighted by Gasteiger charge is -2.48. The van der Waals surface area contributed by atoms with Crippen LogP contribution in [0.5, 0.6) is 0 Å². The highest BCUT2D eigenvalue weighted by molar-refractivity contribution is 5.89. The third-order valence-corrected chi connectivity index (χ3v) is 6.57. The number of aromatic nitrogens is 2. The minimum absolute atomic E-state index is 0.0981. The average molecular weight is 434 g/mol. The van der Waals surface area contributed by atoms with Gasteiger partial charge in [-0.05, 0) is 50.1 Å². The van der Waals surface area contributed by atoms with E-state index in [2.05, 4.69) is 41.6 Å². The van der Waals surface area contributed by atoms with Gasteiger partial charge in [0.05, 0.1) is 11.2 Å². The summed E-state index contributed by atoms with van der Waals surface area (Å²) in [6.07, 6.45) is 0.921. The second-order valence-corrected chi connectivity index (χ2v) is 8.63. The van der Waals surface area contributed by atoms with Gasteiger partial charge in [-0.3, -0.25) is 9.69 Å². The van der Waals surface area contributed by atoms with E-state index < -0.39 is 0 Å². The maximum absolute atomic E-state index is 13.4. The fraction of sp³-hybridized carbons (Fsp3) is 0.400. The number of anilines is 1. The first kappa shape index (κ1) is 22.0. The van der Waals surface area contributed by atoms with Gasteiger partial charge in [0.1, 0.15) is 23.1 Å². The quantitative estimate of drug-likeness (QED) is 0.622. The number of pyridine rings is 2. The highest BCUT2D eigenvalue weighted by atomic mass is 19.1. The maximum Gasteiger partial charge on any atom is 0.252 e. The van der Waals surface area contributed by atoms with E-state index >= 15 is 0 Å². The monoisotopic (exact) mass is 433 g/mol. The van der Waals surface area contributed by atoms with Gasteiger partial charge in [-0.1, -0.05) is 19.1 Å². The van der Waals surface area contributed by atoms with E-state index in [-0.39, 0.29) is 29.5 Å². The van der Waals surface area contributed by atoms with E-state index in [1.54, 1.807) is 29.8 Å². The number of benzene rings is 1. The Balaban J connectivity index is 1.70. The molecule has 1 fully saturated rings. The van der Waals surface area contributed by atoms with Crippen LogP contribution in [0.4, 0.5) is 10.1 Å². The van der Waals surface area contributed by atoms with Crippen molar-refractivity contribution in [1.29, 1.82) is 5.26 Å². The molecule has 3 aromatic rings. The summed E-state index contributed by atoms with van der Waals surface area (Å²) in [4.78, 5) is 21.9. The van der Waals surface area contributed by atoms with Crippen molar-refractivity contribution in [2.45, 2.75) is 45.3 Å². The Bertz CT molecular complexity index is 1230. The summed E-state index contributed by atoms with van der Waals surface area (Å²) < 4.78 is 15.0. The average Bonchev–Trinajstić information content (AvgIpc) is 2.79. The summed E-state index contributed by atoms with van der Waals surface area (Å²) in [6.45, 7) is 8.00. The molecular formula is C25H28FN5O. The van der Waals surface area contributed by atoms with Crippen LogP contribution in [0.1, 0.15) is 44.5 Å². The molecule has 1 aliphatic rings. The summed E-state index contributed by atoms with van der Waals surface area (Å²) in [5.41, 5.74) is 3.50. The van der Waals surface area contributed by atoms with Crippen LogP contribution in [0.2, 0.25) is 0 Å². The molecule has 6 nitrogen and oxygen atoms in total. The first-order valence-electron chi connectivity index (χ1n) is 11.0. The van der Waals surface area contributed by atoms with Crippen molar-refractivity contribution in [2.24, 2.45) is 7.05 Å². The molecule has 1 saturated heterocycles. The predicted octanol–water partition coefficient (Wildman–Crippen LogP) is 3.99. The molecule has 0 saturated carbocycles. The summed E-state index contributed by atoms with van der Waals surface area (Å²) in [5.74, 6) is -0.225.